The summed E-state index contributed by atoms with van der Waals surface area (Å²) in [5.41, 5.74) is 0. The van der Waals surface area contributed by atoms with Gasteiger partial charge in [-0.15, -0.1) is 33.3 Å². The molecule has 9 heteroatoms. The molecule has 5 nitrogen and oxygen atoms in total. The van der Waals surface area contributed by atoms with Crippen molar-refractivity contribution in [2.45, 2.75) is 21.9 Å². The number of thiophene rings is 1. The first-order valence-electron chi connectivity index (χ1n) is 7.87. The van der Waals surface area contributed by atoms with Gasteiger partial charge in [0.25, 0.3) is 0 Å². The number of benzene rings is 1. The third-order valence-electron chi connectivity index (χ3n) is 3.08. The van der Waals surface area contributed by atoms with Gasteiger partial charge in [0.05, 0.1) is 12.4 Å². The predicted octanol–water partition coefficient (Wildman–Crippen LogP) is 5.02. The van der Waals surface area contributed by atoms with Gasteiger partial charge in [0, 0.05) is 15.5 Å². The molecule has 26 heavy (non-hydrogen) atoms. The van der Waals surface area contributed by atoms with Crippen LogP contribution in [0.2, 0.25) is 0 Å². The third kappa shape index (κ3) is 6.01. The number of ether oxygens (including phenoxy) is 1. The summed E-state index contributed by atoms with van der Waals surface area (Å²) < 4.78 is 6.26. The highest BCUT2D eigenvalue weighted by Crippen LogP contribution is 2.29. The van der Waals surface area contributed by atoms with Crippen LogP contribution in [0.3, 0.4) is 0 Å². The zero-order valence-corrected chi connectivity index (χ0v) is 17.3. The molecular formula is C17H17N3O2S4. The molecule has 0 bridgehead atoms. The minimum atomic E-state index is -0.0881. The van der Waals surface area contributed by atoms with Gasteiger partial charge in [-0.2, -0.15) is 0 Å². The Kier molecular flexibility index (Phi) is 7.36. The summed E-state index contributed by atoms with van der Waals surface area (Å²) >= 11 is 6.23. The molecule has 0 aliphatic carbocycles. The van der Waals surface area contributed by atoms with Crippen molar-refractivity contribution < 1.29 is 9.53 Å². The third-order valence-corrected chi connectivity index (χ3v) is 7.17. The van der Waals surface area contributed by atoms with Crippen molar-refractivity contribution in [1.29, 1.82) is 0 Å². The Balaban J connectivity index is 1.43. The van der Waals surface area contributed by atoms with Crippen molar-refractivity contribution in [2.24, 2.45) is 0 Å². The second-order valence-corrected chi connectivity index (χ2v) is 9.26. The molecule has 2 aromatic heterocycles. The van der Waals surface area contributed by atoms with E-state index in [0.29, 0.717) is 17.5 Å². The second kappa shape index (κ2) is 9.96. The monoisotopic (exact) mass is 423 g/mol. The largest absolute Gasteiger partial charge is 0.494 e. The van der Waals surface area contributed by atoms with Crippen LogP contribution in [0.4, 0.5) is 5.13 Å². The summed E-state index contributed by atoms with van der Waals surface area (Å²) in [6.45, 7) is 2.59. The highest BCUT2D eigenvalue weighted by Gasteiger charge is 2.10. The summed E-state index contributed by atoms with van der Waals surface area (Å²) in [5, 5.41) is 13.6. The number of anilines is 1. The highest BCUT2D eigenvalue weighted by molar-refractivity contribution is 8.00. The molecule has 2 heterocycles. The maximum atomic E-state index is 12.1. The van der Waals surface area contributed by atoms with Gasteiger partial charge >= 0.3 is 0 Å². The quantitative estimate of drug-likeness (QED) is 0.385. The Morgan fingerprint density at radius 3 is 2.77 bits per heavy atom. The molecule has 0 spiro atoms. The first-order chi connectivity index (χ1) is 12.7. The van der Waals surface area contributed by atoms with E-state index in [1.807, 2.05) is 37.3 Å². The van der Waals surface area contributed by atoms with E-state index in [9.17, 15) is 4.79 Å². The van der Waals surface area contributed by atoms with Gasteiger partial charge < -0.3 is 4.74 Å². The molecule has 0 unspecified atom stereocenters. The van der Waals surface area contributed by atoms with Crippen molar-refractivity contribution in [1.82, 2.24) is 10.2 Å². The van der Waals surface area contributed by atoms with Crippen LogP contribution in [0.25, 0.3) is 0 Å². The summed E-state index contributed by atoms with van der Waals surface area (Å²) in [6, 6.07) is 11.9. The first-order valence-corrected chi connectivity index (χ1v) is 11.5. The normalized spacial score (nSPS) is 10.7. The van der Waals surface area contributed by atoms with Crippen molar-refractivity contribution in [3.63, 3.8) is 0 Å². The Bertz CT molecular complexity index is 819. The van der Waals surface area contributed by atoms with Crippen LogP contribution in [-0.4, -0.2) is 28.5 Å². The van der Waals surface area contributed by atoms with E-state index >= 15 is 0 Å². The molecule has 0 aliphatic heterocycles. The van der Waals surface area contributed by atoms with Crippen LogP contribution >= 0.6 is 46.2 Å². The van der Waals surface area contributed by atoms with Crippen LogP contribution in [0.5, 0.6) is 5.75 Å². The van der Waals surface area contributed by atoms with E-state index in [4.69, 9.17) is 4.74 Å². The van der Waals surface area contributed by atoms with Crippen molar-refractivity contribution in [3.8, 4) is 5.75 Å². The average molecular weight is 424 g/mol. The first kappa shape index (κ1) is 19.2. The lowest BCUT2D eigenvalue weighted by atomic mass is 10.3. The smallest absolute Gasteiger partial charge is 0.236 e. The lowest BCUT2D eigenvalue weighted by Gasteiger charge is -2.04. The number of hydrogen-bond donors (Lipinski definition) is 1. The summed E-state index contributed by atoms with van der Waals surface area (Å²) in [4.78, 5) is 14.4. The van der Waals surface area contributed by atoms with Gasteiger partial charge in [-0.25, -0.2) is 0 Å². The number of carbonyl (C=O) groups excluding carboxylic acids is 1. The van der Waals surface area contributed by atoms with Gasteiger partial charge in [-0.05, 0) is 42.6 Å². The molecule has 3 rings (SSSR count). The number of rotatable bonds is 9. The fourth-order valence-corrected chi connectivity index (χ4v) is 5.19. The highest BCUT2D eigenvalue weighted by atomic mass is 32.2. The maximum absolute atomic E-state index is 12.1. The van der Waals surface area contributed by atoms with Crippen molar-refractivity contribution >= 4 is 57.2 Å². The van der Waals surface area contributed by atoms with Crippen molar-refractivity contribution in [3.05, 3.63) is 46.7 Å². The fourth-order valence-electron chi connectivity index (χ4n) is 1.95. The minimum absolute atomic E-state index is 0.0881. The van der Waals surface area contributed by atoms with E-state index in [2.05, 4.69) is 27.0 Å². The summed E-state index contributed by atoms with van der Waals surface area (Å²) in [7, 11) is 0. The Labute approximate surface area is 168 Å². The Morgan fingerprint density at radius 2 is 2.04 bits per heavy atom. The number of nitrogens with zero attached hydrogens (tertiary/aromatic N) is 2. The molecular weight excluding hydrogens is 406 g/mol. The molecule has 0 radical (unpaired) electrons. The van der Waals surface area contributed by atoms with Gasteiger partial charge in [0.2, 0.25) is 11.0 Å². The van der Waals surface area contributed by atoms with Gasteiger partial charge in [0.15, 0.2) is 4.34 Å². The second-order valence-electron chi connectivity index (χ2n) is 4.98. The molecule has 0 aliphatic rings. The van der Waals surface area contributed by atoms with E-state index < -0.39 is 0 Å². The van der Waals surface area contributed by atoms with Crippen molar-refractivity contribution in [2.75, 3.05) is 17.7 Å². The van der Waals surface area contributed by atoms with Gasteiger partial charge in [-0.3, -0.25) is 10.1 Å². The Morgan fingerprint density at radius 1 is 1.19 bits per heavy atom. The lowest BCUT2D eigenvalue weighted by Crippen LogP contribution is -2.13. The number of nitrogens with one attached hydrogen (secondary N) is 1. The van der Waals surface area contributed by atoms with Gasteiger partial charge in [-0.1, -0.05) is 29.2 Å². The molecule has 0 atom stereocenters. The van der Waals surface area contributed by atoms with Gasteiger partial charge in [0.1, 0.15) is 5.75 Å². The topological polar surface area (TPSA) is 64.1 Å². The van der Waals surface area contributed by atoms with E-state index in [-0.39, 0.29) is 5.91 Å². The maximum Gasteiger partial charge on any atom is 0.236 e. The van der Waals surface area contributed by atoms with E-state index in [1.165, 1.54) is 28.0 Å². The number of amides is 1. The van der Waals surface area contributed by atoms with E-state index in [0.717, 1.165) is 20.7 Å². The zero-order chi connectivity index (χ0) is 18.2. The van der Waals surface area contributed by atoms with Crippen LogP contribution < -0.4 is 10.1 Å². The number of hydrogen-bond acceptors (Lipinski definition) is 8. The Hall–Kier alpha value is -1.55. The van der Waals surface area contributed by atoms with E-state index in [1.54, 1.807) is 23.1 Å². The molecule has 0 saturated heterocycles. The molecule has 0 saturated carbocycles. The standard InChI is InChI=1S/C17H17N3O2S4/c1-2-22-12-5-7-13(8-6-12)24-11-15(21)18-16-19-20-17(26-16)25-10-14-4-3-9-23-14/h3-9H,2,10-11H2,1H3,(H,18,19,21). The number of aromatic nitrogens is 2. The van der Waals surface area contributed by atoms with Crippen LogP contribution in [-0.2, 0) is 10.5 Å². The molecule has 1 amide bonds. The lowest BCUT2D eigenvalue weighted by molar-refractivity contribution is -0.113. The molecule has 136 valence electrons. The molecule has 3 aromatic rings. The zero-order valence-electron chi connectivity index (χ0n) is 14.0. The summed E-state index contributed by atoms with van der Waals surface area (Å²) in [6.07, 6.45) is 0. The molecule has 0 fully saturated rings. The minimum Gasteiger partial charge on any atom is -0.494 e. The summed E-state index contributed by atoms with van der Waals surface area (Å²) in [5.74, 6) is 1.94. The molecule has 1 aromatic carbocycles. The number of thioether (sulfide) groups is 2. The average Bonchev–Trinajstić information content (AvgIpc) is 3.31. The fraction of sp³-hybridized carbons (Fsp3) is 0.235. The number of carbonyl (C=O) groups is 1. The van der Waals surface area contributed by atoms with Crippen LogP contribution in [0, 0.1) is 0 Å². The predicted molar refractivity (Wildman–Crippen MR) is 111 cm³/mol. The van der Waals surface area contributed by atoms with Crippen LogP contribution in [0.15, 0.2) is 51.0 Å². The SMILES string of the molecule is CCOc1ccc(SCC(=O)Nc2nnc(SCc3cccs3)s2)cc1. The van der Waals surface area contributed by atoms with Crippen LogP contribution in [0.1, 0.15) is 11.8 Å². The molecule has 1 N–H and O–H groups in total.